The average Bonchev–Trinajstić information content (AvgIpc) is 3.07. The van der Waals surface area contributed by atoms with Gasteiger partial charge in [-0.1, -0.05) is 30.3 Å². The first-order valence-corrected chi connectivity index (χ1v) is 8.93. The maximum atomic E-state index is 12.8. The predicted molar refractivity (Wildman–Crippen MR) is 92.9 cm³/mol. The van der Waals surface area contributed by atoms with Crippen LogP contribution < -0.4 is 0 Å². The smallest absolute Gasteiger partial charge is 0.274 e. The largest absolute Gasteiger partial charge is 0.335 e. The minimum absolute atomic E-state index is 0.105. The van der Waals surface area contributed by atoms with Gasteiger partial charge in [0, 0.05) is 44.0 Å². The third-order valence-electron chi connectivity index (χ3n) is 5.17. The Hall–Kier alpha value is -2.14. The van der Waals surface area contributed by atoms with Gasteiger partial charge in [0.15, 0.2) is 5.69 Å². The molecule has 2 aromatic rings. The zero-order valence-corrected chi connectivity index (χ0v) is 14.0. The van der Waals surface area contributed by atoms with Gasteiger partial charge in [-0.25, -0.2) is 0 Å². The number of nitrogens with one attached hydrogen (secondary N) is 1. The molecule has 2 heterocycles. The highest BCUT2D eigenvalue weighted by atomic mass is 16.2. The molecule has 1 fully saturated rings. The summed E-state index contributed by atoms with van der Waals surface area (Å²) in [6, 6.07) is 10.5. The van der Waals surface area contributed by atoms with E-state index in [0.717, 1.165) is 57.5 Å². The van der Waals surface area contributed by atoms with E-state index in [9.17, 15) is 4.79 Å². The summed E-state index contributed by atoms with van der Waals surface area (Å²) < 4.78 is 0. The maximum absolute atomic E-state index is 12.8. The molecule has 0 bridgehead atoms. The van der Waals surface area contributed by atoms with E-state index in [4.69, 9.17) is 0 Å². The fourth-order valence-corrected chi connectivity index (χ4v) is 3.76. The lowest BCUT2D eigenvalue weighted by molar-refractivity contribution is 0.0621. The lowest BCUT2D eigenvalue weighted by Gasteiger charge is -2.34. The number of aromatic amines is 1. The molecule has 0 radical (unpaired) electrons. The first-order chi connectivity index (χ1) is 11.8. The molecule has 24 heavy (non-hydrogen) atoms. The van der Waals surface area contributed by atoms with Crippen LogP contribution >= 0.6 is 0 Å². The van der Waals surface area contributed by atoms with Crippen LogP contribution in [0.2, 0.25) is 0 Å². The van der Waals surface area contributed by atoms with Crippen molar-refractivity contribution in [3.63, 3.8) is 0 Å². The topological polar surface area (TPSA) is 52.2 Å². The summed E-state index contributed by atoms with van der Waals surface area (Å²) in [5.41, 5.74) is 4.34. The van der Waals surface area contributed by atoms with Gasteiger partial charge in [-0.3, -0.25) is 14.8 Å². The summed E-state index contributed by atoms with van der Waals surface area (Å²) in [6.45, 7) is 4.38. The van der Waals surface area contributed by atoms with E-state index in [1.54, 1.807) is 0 Å². The molecule has 1 aliphatic heterocycles. The van der Waals surface area contributed by atoms with Crippen molar-refractivity contribution in [3.8, 4) is 0 Å². The van der Waals surface area contributed by atoms with Gasteiger partial charge >= 0.3 is 0 Å². The second-order valence-electron chi connectivity index (χ2n) is 6.79. The van der Waals surface area contributed by atoms with Crippen molar-refractivity contribution in [3.05, 3.63) is 52.8 Å². The predicted octanol–water partition coefficient (Wildman–Crippen LogP) is 2.25. The summed E-state index contributed by atoms with van der Waals surface area (Å²) in [5.74, 6) is 0.105. The summed E-state index contributed by atoms with van der Waals surface area (Å²) in [4.78, 5) is 17.2. The number of carbonyl (C=O) groups excluding carboxylic acids is 1. The van der Waals surface area contributed by atoms with Crippen molar-refractivity contribution in [2.75, 3.05) is 26.2 Å². The molecule has 5 nitrogen and oxygen atoms in total. The fraction of sp³-hybridized carbons (Fsp3) is 0.474. The van der Waals surface area contributed by atoms with Crippen LogP contribution in [0, 0.1) is 0 Å². The van der Waals surface area contributed by atoms with Crippen molar-refractivity contribution in [2.24, 2.45) is 0 Å². The van der Waals surface area contributed by atoms with Crippen LogP contribution in [-0.2, 0) is 19.4 Å². The van der Waals surface area contributed by atoms with Crippen LogP contribution in [0.1, 0.15) is 40.2 Å². The van der Waals surface area contributed by atoms with Crippen LogP contribution in [0.3, 0.4) is 0 Å². The highest BCUT2D eigenvalue weighted by Gasteiger charge is 2.27. The van der Waals surface area contributed by atoms with E-state index in [2.05, 4.69) is 39.4 Å². The maximum Gasteiger partial charge on any atom is 0.274 e. The molecular weight excluding hydrogens is 300 g/mol. The highest BCUT2D eigenvalue weighted by molar-refractivity contribution is 5.94. The lowest BCUT2D eigenvalue weighted by atomic mass is 9.95. The Morgan fingerprint density at radius 1 is 1.04 bits per heavy atom. The van der Waals surface area contributed by atoms with Gasteiger partial charge in [0.05, 0.1) is 0 Å². The molecule has 2 aliphatic rings. The molecule has 1 aliphatic carbocycles. The zero-order chi connectivity index (χ0) is 16.4. The summed E-state index contributed by atoms with van der Waals surface area (Å²) in [5, 5.41) is 7.41. The standard InChI is InChI=1S/C19H24N4O/c24-19(18-16-8-4-5-9-17(16)20-21-18)23-12-10-22(11-13-23)14-15-6-2-1-3-7-15/h1-3,6-7H,4-5,8-14H2,(H,20,21). The van der Waals surface area contributed by atoms with Crippen LogP contribution in [-0.4, -0.2) is 52.1 Å². The van der Waals surface area contributed by atoms with E-state index < -0.39 is 0 Å². The van der Waals surface area contributed by atoms with Crippen molar-refractivity contribution in [1.82, 2.24) is 20.0 Å². The quantitative estimate of drug-likeness (QED) is 0.942. The number of amides is 1. The van der Waals surface area contributed by atoms with Gasteiger partial charge in [-0.2, -0.15) is 5.10 Å². The number of rotatable bonds is 3. The Morgan fingerprint density at radius 3 is 2.58 bits per heavy atom. The number of benzene rings is 1. The second kappa shape index (κ2) is 6.77. The third kappa shape index (κ3) is 3.08. The number of aromatic nitrogens is 2. The number of fused-ring (bicyclic) bond motifs is 1. The number of carbonyl (C=O) groups is 1. The monoisotopic (exact) mass is 324 g/mol. The SMILES string of the molecule is O=C(c1n[nH]c2c1CCCC2)N1CCN(Cc2ccccc2)CC1. The van der Waals surface area contributed by atoms with E-state index in [1.165, 1.54) is 17.7 Å². The Kier molecular flexibility index (Phi) is 4.34. The number of hydrogen-bond acceptors (Lipinski definition) is 3. The molecule has 1 saturated heterocycles. The Labute approximate surface area is 142 Å². The molecule has 0 saturated carbocycles. The van der Waals surface area contributed by atoms with Gasteiger partial charge in [0.25, 0.3) is 5.91 Å². The van der Waals surface area contributed by atoms with Gasteiger partial charge < -0.3 is 4.90 Å². The molecule has 126 valence electrons. The molecule has 5 heteroatoms. The number of nitrogens with zero attached hydrogens (tertiary/aromatic N) is 3. The summed E-state index contributed by atoms with van der Waals surface area (Å²) >= 11 is 0. The number of H-pyrrole nitrogens is 1. The van der Waals surface area contributed by atoms with Crippen molar-refractivity contribution >= 4 is 5.91 Å². The van der Waals surface area contributed by atoms with Gasteiger partial charge in [0.1, 0.15) is 0 Å². The number of piperazine rings is 1. The molecule has 1 aromatic carbocycles. The lowest BCUT2D eigenvalue weighted by Crippen LogP contribution is -2.48. The Bertz CT molecular complexity index is 701. The van der Waals surface area contributed by atoms with Gasteiger partial charge in [-0.05, 0) is 31.2 Å². The minimum Gasteiger partial charge on any atom is -0.335 e. The van der Waals surface area contributed by atoms with Crippen molar-refractivity contribution in [2.45, 2.75) is 32.2 Å². The molecule has 1 N–H and O–H groups in total. The number of hydrogen-bond donors (Lipinski definition) is 1. The van der Waals surface area contributed by atoms with E-state index in [1.807, 2.05) is 11.0 Å². The molecule has 4 rings (SSSR count). The summed E-state index contributed by atoms with van der Waals surface area (Å²) in [7, 11) is 0. The third-order valence-corrected chi connectivity index (χ3v) is 5.17. The first-order valence-electron chi connectivity index (χ1n) is 8.93. The van der Waals surface area contributed by atoms with Crippen LogP contribution in [0.25, 0.3) is 0 Å². The zero-order valence-electron chi connectivity index (χ0n) is 14.0. The van der Waals surface area contributed by atoms with Crippen LogP contribution in [0.15, 0.2) is 30.3 Å². The Balaban J connectivity index is 1.37. The van der Waals surface area contributed by atoms with Crippen molar-refractivity contribution < 1.29 is 4.79 Å². The number of aryl methyl sites for hydroxylation is 1. The van der Waals surface area contributed by atoms with Gasteiger partial charge in [-0.15, -0.1) is 0 Å². The fourth-order valence-electron chi connectivity index (χ4n) is 3.76. The van der Waals surface area contributed by atoms with Crippen LogP contribution in [0.4, 0.5) is 0 Å². The second-order valence-corrected chi connectivity index (χ2v) is 6.79. The van der Waals surface area contributed by atoms with Crippen molar-refractivity contribution in [1.29, 1.82) is 0 Å². The van der Waals surface area contributed by atoms with E-state index >= 15 is 0 Å². The normalized spacial score (nSPS) is 18.4. The van der Waals surface area contributed by atoms with E-state index in [-0.39, 0.29) is 5.91 Å². The summed E-state index contributed by atoms with van der Waals surface area (Å²) in [6.07, 6.45) is 4.37. The molecule has 1 amide bonds. The molecule has 1 aromatic heterocycles. The first kappa shape index (κ1) is 15.4. The molecule has 0 atom stereocenters. The average molecular weight is 324 g/mol. The van der Waals surface area contributed by atoms with Gasteiger partial charge in [0.2, 0.25) is 0 Å². The highest BCUT2D eigenvalue weighted by Crippen LogP contribution is 2.23. The van der Waals surface area contributed by atoms with E-state index in [0.29, 0.717) is 5.69 Å². The molecule has 0 spiro atoms. The minimum atomic E-state index is 0.105. The Morgan fingerprint density at radius 2 is 1.79 bits per heavy atom. The van der Waals surface area contributed by atoms with Crippen LogP contribution in [0.5, 0.6) is 0 Å². The molecular formula is C19H24N4O. The molecule has 0 unspecified atom stereocenters.